The van der Waals surface area contributed by atoms with Gasteiger partial charge in [0, 0.05) is 10.9 Å². The lowest BCUT2D eigenvalue weighted by Crippen LogP contribution is -2.15. The summed E-state index contributed by atoms with van der Waals surface area (Å²) in [6, 6.07) is 10.6. The summed E-state index contributed by atoms with van der Waals surface area (Å²) >= 11 is 0. The van der Waals surface area contributed by atoms with Crippen molar-refractivity contribution in [2.45, 2.75) is 40.5 Å². The maximum absolute atomic E-state index is 12.9. The first kappa shape index (κ1) is 17.7. The Morgan fingerprint density at radius 1 is 1.09 bits per heavy atom. The van der Waals surface area contributed by atoms with Gasteiger partial charge < -0.3 is 4.89 Å². The Morgan fingerprint density at radius 2 is 1.70 bits per heavy atom. The van der Waals surface area contributed by atoms with E-state index in [-0.39, 0.29) is 5.30 Å². The van der Waals surface area contributed by atoms with Gasteiger partial charge in [0.1, 0.15) is 0 Å². The van der Waals surface area contributed by atoms with E-state index in [0.29, 0.717) is 5.56 Å². The van der Waals surface area contributed by atoms with E-state index in [4.69, 9.17) is 0 Å². The Balaban J connectivity index is 2.50. The van der Waals surface area contributed by atoms with Crippen LogP contribution in [-0.2, 0) is 11.0 Å². The number of hydrogen-bond donors (Lipinski definition) is 1. The van der Waals surface area contributed by atoms with E-state index in [9.17, 15) is 14.3 Å². The van der Waals surface area contributed by atoms with E-state index >= 15 is 0 Å². The molecule has 4 heteroatoms. The fourth-order valence-electron chi connectivity index (χ4n) is 2.98. The van der Waals surface area contributed by atoms with Gasteiger partial charge in [0.25, 0.3) is 12.9 Å². The van der Waals surface area contributed by atoms with Crippen molar-refractivity contribution < 1.29 is 14.3 Å². The lowest BCUT2D eigenvalue weighted by molar-refractivity contribution is 0.106. The minimum Gasteiger partial charge on any atom is -0.336 e. The van der Waals surface area contributed by atoms with Gasteiger partial charge in [-0.25, -0.2) is 0 Å². The summed E-state index contributed by atoms with van der Waals surface area (Å²) in [5, 5.41) is 0.216. The van der Waals surface area contributed by atoms with Gasteiger partial charge in [0.2, 0.25) is 0 Å². The lowest BCUT2D eigenvalue weighted by atomic mass is 10.0. The van der Waals surface area contributed by atoms with E-state index in [2.05, 4.69) is 6.92 Å². The largest absolute Gasteiger partial charge is 0.336 e. The van der Waals surface area contributed by atoms with Gasteiger partial charge in [-0.3, -0.25) is 9.36 Å². The molecule has 23 heavy (non-hydrogen) atoms. The van der Waals surface area contributed by atoms with Crippen LogP contribution in [0.1, 0.15) is 46.0 Å². The van der Waals surface area contributed by atoms with E-state index in [1.165, 1.54) is 0 Å². The Bertz CT molecular complexity index is 770. The second-order valence-electron chi connectivity index (χ2n) is 6.07. The predicted octanol–water partition coefficient (Wildman–Crippen LogP) is 4.30. The molecule has 1 N–H and O–H groups in total. The van der Waals surface area contributed by atoms with Crippen LogP contribution in [0.25, 0.3) is 0 Å². The average Bonchev–Trinajstić information content (AvgIpc) is 2.46. The number of carbonyl (C=O) groups excluding carboxylic acids is 1. The van der Waals surface area contributed by atoms with Crippen molar-refractivity contribution in [3.8, 4) is 0 Å². The fraction of sp³-hybridized carbons (Fsp3) is 0.316. The van der Waals surface area contributed by atoms with Crippen molar-refractivity contribution >= 4 is 18.2 Å². The molecule has 0 saturated heterocycles. The minimum absolute atomic E-state index is 0.216. The Morgan fingerprint density at radius 3 is 2.26 bits per heavy atom. The summed E-state index contributed by atoms with van der Waals surface area (Å²) in [6.07, 6.45) is 1.77. The molecule has 2 aromatic carbocycles. The van der Waals surface area contributed by atoms with Crippen LogP contribution in [0.5, 0.6) is 0 Å². The SMILES string of the molecule is CCCc1cccc(P(=O)(O)C(=O)c2c(C)cc(C)cc2C)c1. The van der Waals surface area contributed by atoms with Gasteiger partial charge in [-0.15, -0.1) is 0 Å². The predicted molar refractivity (Wildman–Crippen MR) is 94.9 cm³/mol. The van der Waals surface area contributed by atoms with Crippen LogP contribution in [-0.4, -0.2) is 10.4 Å². The molecular weight excluding hydrogens is 307 g/mol. The van der Waals surface area contributed by atoms with Crippen molar-refractivity contribution in [1.29, 1.82) is 0 Å². The van der Waals surface area contributed by atoms with Gasteiger partial charge in [-0.1, -0.05) is 43.2 Å². The molecule has 0 radical (unpaired) electrons. The molecule has 2 aromatic rings. The van der Waals surface area contributed by atoms with Crippen molar-refractivity contribution in [1.82, 2.24) is 0 Å². The molecule has 1 unspecified atom stereocenters. The van der Waals surface area contributed by atoms with Crippen molar-refractivity contribution in [2.75, 3.05) is 0 Å². The van der Waals surface area contributed by atoms with Crippen LogP contribution in [0.15, 0.2) is 36.4 Å². The van der Waals surface area contributed by atoms with Crippen LogP contribution in [0.3, 0.4) is 0 Å². The Hall–Kier alpha value is -1.70. The number of hydrogen-bond acceptors (Lipinski definition) is 2. The first-order chi connectivity index (χ1) is 10.8. The van der Waals surface area contributed by atoms with Crippen LogP contribution in [0, 0.1) is 20.8 Å². The van der Waals surface area contributed by atoms with Gasteiger partial charge >= 0.3 is 0 Å². The summed E-state index contributed by atoms with van der Waals surface area (Å²) in [7, 11) is -4.12. The lowest BCUT2D eigenvalue weighted by Gasteiger charge is -2.16. The smallest absolute Gasteiger partial charge is 0.298 e. The first-order valence-electron chi connectivity index (χ1n) is 7.82. The maximum Gasteiger partial charge on any atom is 0.298 e. The van der Waals surface area contributed by atoms with E-state index in [1.807, 2.05) is 25.1 Å². The molecule has 0 aliphatic carbocycles. The molecule has 0 aliphatic rings. The summed E-state index contributed by atoms with van der Waals surface area (Å²) in [5.41, 5.74) is 3.18. The van der Waals surface area contributed by atoms with Crippen LogP contribution < -0.4 is 5.30 Å². The Labute approximate surface area is 137 Å². The normalized spacial score (nSPS) is 13.6. The van der Waals surface area contributed by atoms with Gasteiger partial charge in [0.05, 0.1) is 0 Å². The molecule has 0 amide bonds. The number of carbonyl (C=O) groups is 1. The van der Waals surface area contributed by atoms with E-state index in [1.54, 1.807) is 32.0 Å². The van der Waals surface area contributed by atoms with Crippen LogP contribution in [0.4, 0.5) is 0 Å². The topological polar surface area (TPSA) is 54.4 Å². The minimum atomic E-state index is -4.12. The van der Waals surface area contributed by atoms with Crippen molar-refractivity contribution in [2.24, 2.45) is 0 Å². The molecule has 0 saturated carbocycles. The summed E-state index contributed by atoms with van der Waals surface area (Å²) in [5.74, 6) is 0. The summed E-state index contributed by atoms with van der Waals surface area (Å²) < 4.78 is 12.9. The second-order valence-corrected chi connectivity index (χ2v) is 8.15. The number of aryl methyl sites for hydroxylation is 4. The van der Waals surface area contributed by atoms with E-state index < -0.39 is 12.9 Å². The van der Waals surface area contributed by atoms with Gasteiger partial charge in [0.15, 0.2) is 0 Å². The highest BCUT2D eigenvalue weighted by molar-refractivity contribution is 7.82. The van der Waals surface area contributed by atoms with Crippen LogP contribution >= 0.6 is 7.37 Å². The molecule has 2 rings (SSSR count). The third kappa shape index (κ3) is 3.63. The van der Waals surface area contributed by atoms with Gasteiger partial charge in [-0.05, 0) is 56.0 Å². The third-order valence-electron chi connectivity index (χ3n) is 3.97. The van der Waals surface area contributed by atoms with Crippen molar-refractivity contribution in [3.05, 3.63) is 64.2 Å². The maximum atomic E-state index is 12.9. The molecule has 122 valence electrons. The van der Waals surface area contributed by atoms with Crippen LogP contribution in [0.2, 0.25) is 0 Å². The number of rotatable bonds is 5. The highest BCUT2D eigenvalue weighted by atomic mass is 31.2. The molecule has 0 spiro atoms. The first-order valence-corrected chi connectivity index (χ1v) is 9.48. The average molecular weight is 330 g/mol. The zero-order chi connectivity index (χ0) is 17.2. The molecule has 0 heterocycles. The van der Waals surface area contributed by atoms with E-state index in [0.717, 1.165) is 35.1 Å². The van der Waals surface area contributed by atoms with Gasteiger partial charge in [-0.2, -0.15) is 0 Å². The zero-order valence-electron chi connectivity index (χ0n) is 14.1. The quantitative estimate of drug-likeness (QED) is 0.832. The summed E-state index contributed by atoms with van der Waals surface area (Å²) in [6.45, 7) is 7.61. The highest BCUT2D eigenvalue weighted by Crippen LogP contribution is 2.44. The molecule has 1 atom stereocenters. The number of benzene rings is 2. The molecule has 3 nitrogen and oxygen atoms in total. The standard InChI is InChI=1S/C19H23O3P/c1-5-7-16-8-6-9-17(12-16)23(21,22)19(20)18-14(3)10-13(2)11-15(18)4/h6,8-12H,5,7H2,1-4H3,(H,21,22). The monoisotopic (exact) mass is 330 g/mol. The zero-order valence-corrected chi connectivity index (χ0v) is 15.0. The molecular formula is C19H23O3P. The third-order valence-corrected chi connectivity index (χ3v) is 5.72. The molecule has 0 aliphatic heterocycles. The molecule has 0 fully saturated rings. The second kappa shape index (κ2) is 6.82. The van der Waals surface area contributed by atoms with Crippen molar-refractivity contribution in [3.63, 3.8) is 0 Å². The molecule has 0 aromatic heterocycles. The Kier molecular flexibility index (Phi) is 5.23. The highest BCUT2D eigenvalue weighted by Gasteiger charge is 2.34. The summed E-state index contributed by atoms with van der Waals surface area (Å²) in [4.78, 5) is 23.3. The molecule has 0 bridgehead atoms. The fourth-order valence-corrected chi connectivity index (χ4v) is 4.49.